The van der Waals surface area contributed by atoms with Crippen molar-refractivity contribution in [2.45, 2.75) is 52.4 Å². The lowest BCUT2D eigenvalue weighted by Gasteiger charge is -2.23. The van der Waals surface area contributed by atoms with Gasteiger partial charge in [-0.15, -0.1) is 0 Å². The first-order valence-corrected chi connectivity index (χ1v) is 9.81. The number of carbonyl (C=O) groups excluding carboxylic acids is 1. The zero-order valence-electron chi connectivity index (χ0n) is 16.0. The average Bonchev–Trinajstić information content (AvgIpc) is 2.61. The monoisotopic (exact) mass is 418 g/mol. The topological polar surface area (TPSA) is 35.5 Å². The van der Waals surface area contributed by atoms with Crippen LogP contribution in [-0.4, -0.2) is 12.6 Å². The highest BCUT2D eigenvalue weighted by Gasteiger charge is 2.17. The second-order valence-electron chi connectivity index (χ2n) is 7.12. The molecular weight excluding hydrogens is 392 g/mol. The minimum absolute atomic E-state index is 0.173. The summed E-state index contributed by atoms with van der Waals surface area (Å²) >= 11 is 3.41. The Morgan fingerprint density at radius 1 is 1.12 bits per heavy atom. The Kier molecular flexibility index (Phi) is 7.27. The van der Waals surface area contributed by atoms with Crippen LogP contribution in [0.1, 0.15) is 51.2 Å². The summed E-state index contributed by atoms with van der Waals surface area (Å²) in [6.45, 7) is 9.14. The summed E-state index contributed by atoms with van der Waals surface area (Å²) in [5.41, 5.74) is 2.59. The molecule has 0 saturated heterocycles. The number of carbonyl (C=O) groups is 1. The minimum atomic E-state index is -0.252. The van der Waals surface area contributed by atoms with Crippen LogP contribution in [-0.2, 0) is 10.2 Å². The van der Waals surface area contributed by atoms with Crippen molar-refractivity contribution in [2.24, 2.45) is 0 Å². The molecule has 0 heterocycles. The minimum Gasteiger partial charge on any atom is -0.494 e. The van der Waals surface area contributed by atoms with Crippen LogP contribution >= 0.6 is 15.9 Å². The van der Waals surface area contributed by atoms with Gasteiger partial charge in [0.05, 0.1) is 11.1 Å². The second-order valence-corrected chi connectivity index (χ2v) is 7.98. The van der Waals surface area contributed by atoms with E-state index in [4.69, 9.17) is 9.47 Å². The Morgan fingerprint density at radius 2 is 1.81 bits per heavy atom. The predicted molar refractivity (Wildman–Crippen MR) is 109 cm³/mol. The zero-order valence-corrected chi connectivity index (χ0v) is 17.6. The van der Waals surface area contributed by atoms with E-state index in [2.05, 4.69) is 48.8 Å². The van der Waals surface area contributed by atoms with Crippen LogP contribution in [0.15, 0.2) is 46.9 Å². The number of aryl methyl sites for hydroxylation is 1. The van der Waals surface area contributed by atoms with Crippen LogP contribution in [0.2, 0.25) is 0 Å². The molecule has 0 aliphatic rings. The van der Waals surface area contributed by atoms with E-state index in [1.165, 1.54) is 5.56 Å². The maximum atomic E-state index is 12.0. The molecule has 0 fully saturated rings. The van der Waals surface area contributed by atoms with Crippen molar-refractivity contribution < 1.29 is 14.3 Å². The van der Waals surface area contributed by atoms with Crippen LogP contribution in [0.5, 0.6) is 11.5 Å². The van der Waals surface area contributed by atoms with Gasteiger partial charge in [-0.2, -0.15) is 0 Å². The SMILES string of the molecule is CCC(C)(C)c1ccc(OCCCC(=O)Oc2ccc(C)cc2Br)cc1. The molecule has 0 amide bonds. The van der Waals surface area contributed by atoms with E-state index in [1.807, 2.05) is 31.2 Å². The van der Waals surface area contributed by atoms with Gasteiger partial charge in [-0.3, -0.25) is 4.79 Å². The molecule has 0 spiro atoms. The van der Waals surface area contributed by atoms with Gasteiger partial charge in [-0.05, 0) is 76.5 Å². The van der Waals surface area contributed by atoms with Gasteiger partial charge in [0, 0.05) is 6.42 Å². The molecule has 0 bridgehead atoms. The van der Waals surface area contributed by atoms with E-state index in [-0.39, 0.29) is 11.4 Å². The number of ether oxygens (including phenoxy) is 2. The fraction of sp³-hybridized carbons (Fsp3) is 0.409. The van der Waals surface area contributed by atoms with Gasteiger partial charge >= 0.3 is 5.97 Å². The van der Waals surface area contributed by atoms with Gasteiger partial charge in [0.2, 0.25) is 0 Å². The molecule has 4 heteroatoms. The molecule has 0 aromatic heterocycles. The highest BCUT2D eigenvalue weighted by molar-refractivity contribution is 9.10. The van der Waals surface area contributed by atoms with Crippen molar-refractivity contribution in [1.29, 1.82) is 0 Å². The van der Waals surface area contributed by atoms with Crippen LogP contribution in [0.25, 0.3) is 0 Å². The van der Waals surface area contributed by atoms with E-state index in [0.717, 1.165) is 22.2 Å². The largest absolute Gasteiger partial charge is 0.494 e. The van der Waals surface area contributed by atoms with Crippen molar-refractivity contribution in [1.82, 2.24) is 0 Å². The number of rotatable bonds is 8. The number of benzene rings is 2. The smallest absolute Gasteiger partial charge is 0.311 e. The summed E-state index contributed by atoms with van der Waals surface area (Å²) in [6.07, 6.45) is 2.03. The fourth-order valence-corrected chi connectivity index (χ4v) is 3.05. The lowest BCUT2D eigenvalue weighted by atomic mass is 9.82. The fourth-order valence-electron chi connectivity index (χ4n) is 2.48. The van der Waals surface area contributed by atoms with Gasteiger partial charge in [0.1, 0.15) is 11.5 Å². The van der Waals surface area contributed by atoms with Gasteiger partial charge in [-0.25, -0.2) is 0 Å². The zero-order chi connectivity index (χ0) is 19.2. The molecule has 2 aromatic carbocycles. The highest BCUT2D eigenvalue weighted by atomic mass is 79.9. The molecule has 0 N–H and O–H groups in total. The first kappa shape index (κ1) is 20.5. The van der Waals surface area contributed by atoms with Crippen molar-refractivity contribution in [3.8, 4) is 11.5 Å². The predicted octanol–water partition coefficient (Wildman–Crippen LogP) is 6.21. The maximum absolute atomic E-state index is 12.0. The van der Waals surface area contributed by atoms with Gasteiger partial charge in [0.25, 0.3) is 0 Å². The molecular formula is C22H27BrO3. The lowest BCUT2D eigenvalue weighted by molar-refractivity contribution is -0.134. The van der Waals surface area contributed by atoms with Gasteiger partial charge < -0.3 is 9.47 Å². The average molecular weight is 419 g/mol. The van der Waals surface area contributed by atoms with E-state index in [9.17, 15) is 4.79 Å². The molecule has 140 valence electrons. The quantitative estimate of drug-likeness (QED) is 0.290. The number of hydrogen-bond acceptors (Lipinski definition) is 3. The van der Waals surface area contributed by atoms with Gasteiger partial charge in [0.15, 0.2) is 0 Å². The molecule has 0 aliphatic heterocycles. The Balaban J connectivity index is 1.75. The van der Waals surface area contributed by atoms with Crippen LogP contribution < -0.4 is 9.47 Å². The molecule has 0 unspecified atom stereocenters. The Labute approximate surface area is 164 Å². The number of hydrogen-bond donors (Lipinski definition) is 0. The summed E-state index contributed by atoms with van der Waals surface area (Å²) < 4.78 is 11.9. The third kappa shape index (κ3) is 5.87. The van der Waals surface area contributed by atoms with Crippen molar-refractivity contribution in [3.63, 3.8) is 0 Å². The summed E-state index contributed by atoms with van der Waals surface area (Å²) in [7, 11) is 0. The Hall–Kier alpha value is -1.81. The van der Waals surface area contributed by atoms with E-state index < -0.39 is 0 Å². The maximum Gasteiger partial charge on any atom is 0.311 e. The van der Waals surface area contributed by atoms with Crippen molar-refractivity contribution >= 4 is 21.9 Å². The van der Waals surface area contributed by atoms with Crippen LogP contribution in [0.3, 0.4) is 0 Å². The Bertz CT molecular complexity index is 736. The van der Waals surface area contributed by atoms with E-state index in [1.54, 1.807) is 6.07 Å². The second kappa shape index (κ2) is 9.22. The van der Waals surface area contributed by atoms with Gasteiger partial charge in [-0.1, -0.05) is 39.0 Å². The van der Waals surface area contributed by atoms with Crippen LogP contribution in [0.4, 0.5) is 0 Å². The number of esters is 1. The summed E-state index contributed by atoms with van der Waals surface area (Å²) in [6, 6.07) is 13.9. The Morgan fingerprint density at radius 3 is 2.42 bits per heavy atom. The summed E-state index contributed by atoms with van der Waals surface area (Å²) in [4.78, 5) is 12.0. The highest BCUT2D eigenvalue weighted by Crippen LogP contribution is 2.28. The molecule has 0 saturated carbocycles. The lowest BCUT2D eigenvalue weighted by Crippen LogP contribution is -2.15. The summed E-state index contributed by atoms with van der Waals surface area (Å²) in [5, 5.41) is 0. The number of halogens is 1. The molecule has 2 rings (SSSR count). The normalized spacial score (nSPS) is 11.3. The van der Waals surface area contributed by atoms with Crippen LogP contribution in [0, 0.1) is 6.92 Å². The molecule has 2 aromatic rings. The first-order chi connectivity index (χ1) is 12.3. The van der Waals surface area contributed by atoms with Crippen molar-refractivity contribution in [3.05, 3.63) is 58.1 Å². The molecule has 0 atom stereocenters. The molecule has 3 nitrogen and oxygen atoms in total. The molecule has 26 heavy (non-hydrogen) atoms. The summed E-state index contributed by atoms with van der Waals surface area (Å²) in [5.74, 6) is 1.13. The molecule has 0 aliphatic carbocycles. The molecule has 0 radical (unpaired) electrons. The van der Waals surface area contributed by atoms with E-state index >= 15 is 0 Å². The standard InChI is InChI=1S/C22H27BrO3/c1-5-22(3,4)17-9-11-18(12-10-17)25-14-6-7-21(24)26-20-13-8-16(2)15-19(20)23/h8-13,15H,5-7,14H2,1-4H3. The third-order valence-corrected chi connectivity index (χ3v) is 5.24. The van der Waals surface area contributed by atoms with Crippen molar-refractivity contribution in [2.75, 3.05) is 6.61 Å². The third-order valence-electron chi connectivity index (χ3n) is 4.62. The van der Waals surface area contributed by atoms with E-state index in [0.29, 0.717) is 25.2 Å². The first-order valence-electron chi connectivity index (χ1n) is 9.02.